The predicted octanol–water partition coefficient (Wildman–Crippen LogP) is 3.03. The van der Waals surface area contributed by atoms with Crippen molar-refractivity contribution in [1.82, 2.24) is 4.31 Å². The summed E-state index contributed by atoms with van der Waals surface area (Å²) in [5, 5.41) is 0.837. The van der Waals surface area contributed by atoms with Gasteiger partial charge in [0.25, 0.3) is 0 Å². The van der Waals surface area contributed by atoms with Crippen LogP contribution in [0.3, 0.4) is 0 Å². The minimum Gasteiger partial charge on any atom is -0.381 e. The van der Waals surface area contributed by atoms with E-state index in [2.05, 4.69) is 0 Å². The van der Waals surface area contributed by atoms with E-state index in [1.807, 2.05) is 0 Å². The molecular weight excluding hydrogens is 331 g/mol. The molecule has 0 spiro atoms. The predicted molar refractivity (Wildman–Crippen MR) is 81.0 cm³/mol. The van der Waals surface area contributed by atoms with Crippen LogP contribution >= 0.6 is 0 Å². The number of alkyl halides is 3. The molecule has 1 aliphatic rings. The Bertz CT molecular complexity index is 623. The van der Waals surface area contributed by atoms with Crippen LogP contribution in [0.1, 0.15) is 18.4 Å². The van der Waals surface area contributed by atoms with E-state index in [0.717, 1.165) is 5.41 Å². The highest BCUT2D eigenvalue weighted by molar-refractivity contribution is 7.92. The zero-order chi connectivity index (χ0) is 16.9. The second-order valence-electron chi connectivity index (χ2n) is 5.26. The van der Waals surface area contributed by atoms with Crippen molar-refractivity contribution < 1.29 is 26.3 Å². The van der Waals surface area contributed by atoms with Crippen LogP contribution in [0.2, 0.25) is 0 Å². The molecule has 128 valence electrons. The fourth-order valence-corrected chi connectivity index (χ4v) is 3.82. The number of rotatable bonds is 5. The molecule has 1 aromatic rings. The summed E-state index contributed by atoms with van der Waals surface area (Å²) in [5.74, 6) is 0. The molecule has 8 heteroatoms. The molecule has 2 rings (SSSR count). The summed E-state index contributed by atoms with van der Waals surface area (Å²) in [6, 6.07) is 7.86. The third-order valence-corrected chi connectivity index (χ3v) is 5.05. The van der Waals surface area contributed by atoms with Crippen LogP contribution < -0.4 is 0 Å². The van der Waals surface area contributed by atoms with E-state index in [9.17, 15) is 21.6 Å². The molecule has 0 bridgehead atoms. The monoisotopic (exact) mass is 349 g/mol. The molecule has 0 saturated carbocycles. The minimum absolute atomic E-state index is 0.258. The van der Waals surface area contributed by atoms with Gasteiger partial charge in [0.15, 0.2) is 0 Å². The second-order valence-corrected chi connectivity index (χ2v) is 7.03. The Morgan fingerprint density at radius 2 is 1.78 bits per heavy atom. The van der Waals surface area contributed by atoms with Crippen LogP contribution in [0.4, 0.5) is 13.2 Å². The van der Waals surface area contributed by atoms with Gasteiger partial charge in [-0.1, -0.05) is 30.3 Å². The number of benzene rings is 1. The van der Waals surface area contributed by atoms with Gasteiger partial charge in [0.05, 0.1) is 0 Å². The summed E-state index contributed by atoms with van der Waals surface area (Å²) in [4.78, 5) is 0. The van der Waals surface area contributed by atoms with Crippen molar-refractivity contribution in [3.63, 3.8) is 0 Å². The van der Waals surface area contributed by atoms with Gasteiger partial charge in [-0.2, -0.15) is 17.5 Å². The maximum Gasteiger partial charge on any atom is 0.402 e. The molecule has 0 atom stereocenters. The van der Waals surface area contributed by atoms with Crippen LogP contribution in [-0.2, 0) is 14.8 Å². The third-order valence-electron chi connectivity index (χ3n) is 3.49. The zero-order valence-corrected chi connectivity index (χ0v) is 13.2. The van der Waals surface area contributed by atoms with Gasteiger partial charge in [0, 0.05) is 24.7 Å². The summed E-state index contributed by atoms with van der Waals surface area (Å²) in [7, 11) is -4.18. The molecule has 0 amide bonds. The van der Waals surface area contributed by atoms with E-state index in [1.54, 1.807) is 30.3 Å². The zero-order valence-electron chi connectivity index (χ0n) is 12.4. The Balaban J connectivity index is 2.23. The molecule has 4 nitrogen and oxygen atoms in total. The van der Waals surface area contributed by atoms with Crippen molar-refractivity contribution in [3.05, 3.63) is 41.3 Å². The van der Waals surface area contributed by atoms with Crippen molar-refractivity contribution in [2.45, 2.75) is 25.1 Å². The average molecular weight is 349 g/mol. The molecule has 0 N–H and O–H groups in total. The first-order valence-corrected chi connectivity index (χ1v) is 8.68. The van der Waals surface area contributed by atoms with Gasteiger partial charge in [-0.3, -0.25) is 0 Å². The van der Waals surface area contributed by atoms with Gasteiger partial charge < -0.3 is 4.74 Å². The van der Waals surface area contributed by atoms with Crippen LogP contribution in [0.5, 0.6) is 0 Å². The van der Waals surface area contributed by atoms with E-state index in [0.29, 0.717) is 9.87 Å². The maximum absolute atomic E-state index is 12.8. The molecule has 0 radical (unpaired) electrons. The van der Waals surface area contributed by atoms with Crippen LogP contribution in [-0.4, -0.2) is 44.7 Å². The Kier molecular flexibility index (Phi) is 5.83. The summed E-state index contributed by atoms with van der Waals surface area (Å²) in [6.45, 7) is -0.965. The van der Waals surface area contributed by atoms with Crippen molar-refractivity contribution in [3.8, 4) is 0 Å². The number of ether oxygens (including phenoxy) is 1. The summed E-state index contributed by atoms with van der Waals surface area (Å²) in [6.07, 6.45) is -2.77. The summed E-state index contributed by atoms with van der Waals surface area (Å²) < 4.78 is 68.8. The van der Waals surface area contributed by atoms with Gasteiger partial charge in [0.2, 0.25) is 10.0 Å². The smallest absolute Gasteiger partial charge is 0.381 e. The maximum atomic E-state index is 12.8. The van der Waals surface area contributed by atoms with E-state index < -0.39 is 28.8 Å². The van der Waals surface area contributed by atoms with Crippen LogP contribution in [0.25, 0.3) is 6.08 Å². The molecular formula is C15H18F3NO3S. The quantitative estimate of drug-likeness (QED) is 0.821. The molecule has 1 saturated heterocycles. The van der Waals surface area contributed by atoms with Gasteiger partial charge in [-0.05, 0) is 24.5 Å². The lowest BCUT2D eigenvalue weighted by atomic mass is 10.1. The highest BCUT2D eigenvalue weighted by atomic mass is 32.2. The molecule has 0 aromatic heterocycles. The minimum atomic E-state index is -4.59. The van der Waals surface area contributed by atoms with Crippen molar-refractivity contribution in [1.29, 1.82) is 0 Å². The number of halogens is 3. The molecule has 1 aliphatic heterocycles. The topological polar surface area (TPSA) is 46.6 Å². The number of nitrogens with zero attached hydrogens (tertiary/aromatic N) is 1. The Morgan fingerprint density at radius 3 is 2.35 bits per heavy atom. The van der Waals surface area contributed by atoms with Crippen LogP contribution in [0.15, 0.2) is 35.7 Å². The first-order chi connectivity index (χ1) is 10.8. The fourth-order valence-electron chi connectivity index (χ4n) is 2.38. The summed E-state index contributed by atoms with van der Waals surface area (Å²) in [5.41, 5.74) is 0.606. The third kappa shape index (κ3) is 5.63. The number of hydrogen-bond donors (Lipinski definition) is 0. The lowest BCUT2D eigenvalue weighted by Gasteiger charge is -2.32. The first-order valence-electron chi connectivity index (χ1n) is 7.17. The lowest BCUT2D eigenvalue weighted by Crippen LogP contribution is -2.47. The number of sulfonamides is 1. The van der Waals surface area contributed by atoms with Crippen molar-refractivity contribution >= 4 is 16.1 Å². The first kappa shape index (κ1) is 18.0. The molecule has 1 fully saturated rings. The fraction of sp³-hybridized carbons (Fsp3) is 0.467. The summed E-state index contributed by atoms with van der Waals surface area (Å²) >= 11 is 0. The second kappa shape index (κ2) is 7.46. The normalized spacial score (nSPS) is 17.9. The highest BCUT2D eigenvalue weighted by Crippen LogP contribution is 2.25. The molecule has 23 heavy (non-hydrogen) atoms. The standard InChI is InChI=1S/C15H18F3NO3S/c16-15(17,18)12-19(14-6-9-22-10-7-14)23(20,21)11-8-13-4-2-1-3-5-13/h1-5,8,11,14H,6-7,9-10,12H2/b11-8+. The molecule has 1 aromatic carbocycles. The van der Waals surface area contributed by atoms with Crippen molar-refractivity contribution in [2.75, 3.05) is 19.8 Å². The average Bonchev–Trinajstić information content (AvgIpc) is 2.52. The van der Waals surface area contributed by atoms with Gasteiger partial charge >= 0.3 is 6.18 Å². The highest BCUT2D eigenvalue weighted by Gasteiger charge is 2.39. The van der Waals surface area contributed by atoms with Gasteiger partial charge in [-0.15, -0.1) is 0 Å². The molecule has 0 aliphatic carbocycles. The Morgan fingerprint density at radius 1 is 1.17 bits per heavy atom. The van der Waals surface area contributed by atoms with Crippen molar-refractivity contribution in [2.24, 2.45) is 0 Å². The Hall–Kier alpha value is -1.38. The lowest BCUT2D eigenvalue weighted by molar-refractivity contribution is -0.141. The van der Waals surface area contributed by atoms with E-state index in [1.165, 1.54) is 6.08 Å². The SMILES string of the molecule is O=S(=O)(/C=C/c1ccccc1)N(CC(F)(F)F)C1CCOCC1. The number of hydrogen-bond acceptors (Lipinski definition) is 3. The van der Waals surface area contributed by atoms with Crippen LogP contribution in [0, 0.1) is 0 Å². The van der Waals surface area contributed by atoms with E-state index in [-0.39, 0.29) is 26.1 Å². The Labute approximate surface area is 133 Å². The van der Waals surface area contributed by atoms with Gasteiger partial charge in [0.1, 0.15) is 6.54 Å². The van der Waals surface area contributed by atoms with E-state index >= 15 is 0 Å². The molecule has 1 heterocycles. The van der Waals surface area contributed by atoms with E-state index in [4.69, 9.17) is 4.74 Å². The molecule has 0 unspecified atom stereocenters. The van der Waals surface area contributed by atoms with Gasteiger partial charge in [-0.25, -0.2) is 8.42 Å². The largest absolute Gasteiger partial charge is 0.402 e.